The zero-order chi connectivity index (χ0) is 10.8. The Labute approximate surface area is 86.1 Å². The first-order valence-corrected chi connectivity index (χ1v) is 4.74. The molecule has 80 valence electrons. The van der Waals surface area contributed by atoms with Crippen molar-refractivity contribution in [1.29, 1.82) is 0 Å². The second kappa shape index (κ2) is 3.72. The van der Waals surface area contributed by atoms with E-state index in [0.717, 1.165) is 0 Å². The molecule has 0 atom stereocenters. The molecule has 0 fully saturated rings. The Morgan fingerprint density at radius 2 is 2.27 bits per heavy atom. The highest BCUT2D eigenvalue weighted by molar-refractivity contribution is 4.90. The van der Waals surface area contributed by atoms with E-state index in [2.05, 4.69) is 10.1 Å². The number of hydrogen-bond donors (Lipinski definition) is 0. The molecule has 0 saturated carbocycles. The van der Waals surface area contributed by atoms with E-state index < -0.39 is 0 Å². The van der Waals surface area contributed by atoms with E-state index >= 15 is 0 Å². The molecule has 15 heavy (non-hydrogen) atoms. The van der Waals surface area contributed by atoms with E-state index in [1.807, 2.05) is 6.92 Å². The molecule has 0 spiro atoms. The third kappa shape index (κ3) is 1.83. The zero-order valence-electron chi connectivity index (χ0n) is 8.67. The molecule has 0 N–H and O–H groups in total. The topological polar surface area (TPSA) is 65.8 Å². The summed E-state index contributed by atoms with van der Waals surface area (Å²) >= 11 is 0. The normalized spacial score (nSPS) is 10.8. The van der Waals surface area contributed by atoms with E-state index in [1.54, 1.807) is 19.4 Å². The average molecular weight is 208 g/mol. The summed E-state index contributed by atoms with van der Waals surface area (Å²) < 4.78 is 7.98. The lowest BCUT2D eigenvalue weighted by Crippen LogP contribution is -2.22. The van der Waals surface area contributed by atoms with Crippen molar-refractivity contribution in [3.05, 3.63) is 34.6 Å². The Kier molecular flexibility index (Phi) is 2.40. The van der Waals surface area contributed by atoms with Gasteiger partial charge < -0.3 is 9.09 Å². The van der Waals surface area contributed by atoms with Crippen LogP contribution in [-0.2, 0) is 20.0 Å². The van der Waals surface area contributed by atoms with E-state index in [4.69, 9.17) is 4.52 Å². The molecule has 2 aromatic rings. The molecule has 2 rings (SSSR count). The molecule has 0 unspecified atom stereocenters. The van der Waals surface area contributed by atoms with Crippen molar-refractivity contribution in [3.63, 3.8) is 0 Å². The van der Waals surface area contributed by atoms with Gasteiger partial charge in [0.05, 0.1) is 6.54 Å². The summed E-state index contributed by atoms with van der Waals surface area (Å²) in [5, 5.41) is 3.78. The second-order valence-corrected chi connectivity index (χ2v) is 3.28. The molecule has 0 bridgehead atoms. The van der Waals surface area contributed by atoms with Crippen LogP contribution in [0.2, 0.25) is 0 Å². The highest BCUT2D eigenvalue weighted by atomic mass is 16.5. The van der Waals surface area contributed by atoms with Crippen molar-refractivity contribution < 1.29 is 4.52 Å². The lowest BCUT2D eigenvalue weighted by Gasteiger charge is -1.93. The predicted molar refractivity (Wildman–Crippen MR) is 52.5 cm³/mol. The van der Waals surface area contributed by atoms with Crippen LogP contribution in [0.3, 0.4) is 0 Å². The summed E-state index contributed by atoms with van der Waals surface area (Å²) in [7, 11) is 1.70. The maximum atomic E-state index is 11.5. The highest BCUT2D eigenvalue weighted by Gasteiger charge is 2.07. The number of imidazole rings is 1. The Bertz CT molecular complexity index is 508. The summed E-state index contributed by atoms with van der Waals surface area (Å²) in [6.07, 6.45) is 4.10. The van der Waals surface area contributed by atoms with Crippen molar-refractivity contribution in [1.82, 2.24) is 19.3 Å². The highest BCUT2D eigenvalue weighted by Crippen LogP contribution is 1.99. The molecule has 0 aliphatic rings. The number of aromatic nitrogens is 4. The standard InChI is InChI=1S/C9H12N4O2/c1-3-8-10-7(11-15-8)6-13-5-4-12(2)9(13)14/h4-5H,3,6H2,1-2H3. The first-order valence-electron chi connectivity index (χ1n) is 4.74. The molecule has 2 aromatic heterocycles. The van der Waals surface area contributed by atoms with Gasteiger partial charge in [-0.25, -0.2) is 4.79 Å². The molecule has 0 aliphatic carbocycles. The van der Waals surface area contributed by atoms with Crippen LogP contribution in [0.1, 0.15) is 18.6 Å². The van der Waals surface area contributed by atoms with Crippen LogP contribution < -0.4 is 5.69 Å². The zero-order valence-corrected chi connectivity index (χ0v) is 8.67. The van der Waals surface area contributed by atoms with Gasteiger partial charge in [-0.2, -0.15) is 4.98 Å². The summed E-state index contributed by atoms with van der Waals surface area (Å²) in [6.45, 7) is 2.29. The van der Waals surface area contributed by atoms with Gasteiger partial charge in [0.15, 0.2) is 5.82 Å². The third-order valence-corrected chi connectivity index (χ3v) is 2.14. The predicted octanol–water partition coefficient (Wildman–Crippen LogP) is 0.180. The third-order valence-electron chi connectivity index (χ3n) is 2.14. The molecule has 0 radical (unpaired) electrons. The smallest absolute Gasteiger partial charge is 0.328 e. The summed E-state index contributed by atoms with van der Waals surface area (Å²) in [5.41, 5.74) is -0.0853. The van der Waals surface area contributed by atoms with Gasteiger partial charge >= 0.3 is 5.69 Å². The van der Waals surface area contributed by atoms with Gasteiger partial charge in [0.1, 0.15) is 0 Å². The Morgan fingerprint density at radius 3 is 2.80 bits per heavy atom. The van der Waals surface area contributed by atoms with Crippen LogP contribution in [0.25, 0.3) is 0 Å². The molecule has 2 heterocycles. The summed E-state index contributed by atoms with van der Waals surface area (Å²) in [6, 6.07) is 0. The lowest BCUT2D eigenvalue weighted by molar-refractivity contribution is 0.375. The van der Waals surface area contributed by atoms with Gasteiger partial charge in [-0.15, -0.1) is 0 Å². The first-order chi connectivity index (χ1) is 7.20. The van der Waals surface area contributed by atoms with Gasteiger partial charge in [0.25, 0.3) is 0 Å². The average Bonchev–Trinajstić information content (AvgIpc) is 2.80. The fourth-order valence-corrected chi connectivity index (χ4v) is 1.28. The van der Waals surface area contributed by atoms with Gasteiger partial charge in [-0.05, 0) is 0 Å². The molecule has 6 nitrogen and oxygen atoms in total. The molecular formula is C9H12N4O2. The van der Waals surface area contributed by atoms with Crippen molar-refractivity contribution in [2.45, 2.75) is 19.9 Å². The number of aryl methyl sites for hydroxylation is 2. The van der Waals surface area contributed by atoms with Crippen molar-refractivity contribution >= 4 is 0 Å². The summed E-state index contributed by atoms with van der Waals surface area (Å²) in [4.78, 5) is 15.6. The Balaban J connectivity index is 2.22. The number of nitrogens with zero attached hydrogens (tertiary/aromatic N) is 4. The SMILES string of the molecule is CCc1nc(Cn2ccn(C)c2=O)no1. The first kappa shape index (κ1) is 9.70. The van der Waals surface area contributed by atoms with Crippen molar-refractivity contribution in [3.8, 4) is 0 Å². The van der Waals surface area contributed by atoms with Gasteiger partial charge in [0, 0.05) is 25.9 Å². The maximum absolute atomic E-state index is 11.5. The Hall–Kier alpha value is -1.85. The van der Waals surface area contributed by atoms with Gasteiger partial charge in [-0.1, -0.05) is 12.1 Å². The van der Waals surface area contributed by atoms with Crippen LogP contribution in [-0.4, -0.2) is 19.3 Å². The van der Waals surface area contributed by atoms with Crippen LogP contribution >= 0.6 is 0 Å². The van der Waals surface area contributed by atoms with E-state index in [0.29, 0.717) is 24.7 Å². The number of hydrogen-bond acceptors (Lipinski definition) is 4. The van der Waals surface area contributed by atoms with Gasteiger partial charge in [-0.3, -0.25) is 4.57 Å². The van der Waals surface area contributed by atoms with Crippen LogP contribution in [0.5, 0.6) is 0 Å². The monoisotopic (exact) mass is 208 g/mol. The minimum atomic E-state index is -0.0853. The molecule has 6 heteroatoms. The minimum Gasteiger partial charge on any atom is -0.339 e. The fourth-order valence-electron chi connectivity index (χ4n) is 1.28. The summed E-state index contributed by atoms with van der Waals surface area (Å²) in [5.74, 6) is 1.12. The Morgan fingerprint density at radius 1 is 1.47 bits per heavy atom. The van der Waals surface area contributed by atoms with Gasteiger partial charge in [0.2, 0.25) is 5.89 Å². The van der Waals surface area contributed by atoms with Crippen LogP contribution in [0, 0.1) is 0 Å². The lowest BCUT2D eigenvalue weighted by atomic mass is 10.5. The van der Waals surface area contributed by atoms with E-state index in [9.17, 15) is 4.79 Å². The second-order valence-electron chi connectivity index (χ2n) is 3.28. The van der Waals surface area contributed by atoms with E-state index in [1.165, 1.54) is 9.13 Å². The fraction of sp³-hybridized carbons (Fsp3) is 0.444. The molecule has 0 aliphatic heterocycles. The molecular weight excluding hydrogens is 196 g/mol. The van der Waals surface area contributed by atoms with Crippen LogP contribution in [0.4, 0.5) is 0 Å². The minimum absolute atomic E-state index is 0.0853. The number of rotatable bonds is 3. The molecule has 0 amide bonds. The molecule has 0 aromatic carbocycles. The molecule has 0 saturated heterocycles. The van der Waals surface area contributed by atoms with E-state index in [-0.39, 0.29) is 5.69 Å². The van der Waals surface area contributed by atoms with Crippen molar-refractivity contribution in [2.75, 3.05) is 0 Å². The maximum Gasteiger partial charge on any atom is 0.328 e. The largest absolute Gasteiger partial charge is 0.339 e. The van der Waals surface area contributed by atoms with Crippen molar-refractivity contribution in [2.24, 2.45) is 7.05 Å². The van der Waals surface area contributed by atoms with Crippen LogP contribution in [0.15, 0.2) is 21.7 Å². The quantitative estimate of drug-likeness (QED) is 0.721.